The van der Waals surface area contributed by atoms with Gasteiger partial charge in [-0.1, -0.05) is 19.1 Å². The summed E-state index contributed by atoms with van der Waals surface area (Å²) in [7, 11) is 0. The molecule has 0 aliphatic rings. The second kappa shape index (κ2) is 6.35. The van der Waals surface area contributed by atoms with Crippen LogP contribution in [-0.2, 0) is 6.42 Å². The molecule has 2 rings (SSSR count). The summed E-state index contributed by atoms with van der Waals surface area (Å²) in [5.41, 5.74) is 0.931. The van der Waals surface area contributed by atoms with Crippen LogP contribution in [-0.4, -0.2) is 6.54 Å². The molecule has 1 heterocycles. The zero-order valence-corrected chi connectivity index (χ0v) is 12.6. The molecule has 0 aliphatic carbocycles. The number of nitrogens with one attached hydrogen (secondary N) is 1. The third-order valence-corrected chi connectivity index (χ3v) is 3.90. The lowest BCUT2D eigenvalue weighted by Gasteiger charge is -2.16. The lowest BCUT2D eigenvalue weighted by atomic mass is 10.0. The lowest BCUT2D eigenvalue weighted by Crippen LogP contribution is -2.22. The SMILES string of the molecule is CCNC(Cc1cccc(F)c1Br)c1ccc(C)o1. The normalized spacial score (nSPS) is 12.6. The standard InChI is InChI=1S/C15H17BrFNO/c1-3-18-13(14-8-7-10(2)19-14)9-11-5-4-6-12(17)15(11)16/h4-8,13,18H,3,9H2,1-2H3. The van der Waals surface area contributed by atoms with Gasteiger partial charge in [0, 0.05) is 0 Å². The molecular weight excluding hydrogens is 309 g/mol. The number of furan rings is 1. The smallest absolute Gasteiger partial charge is 0.137 e. The third-order valence-electron chi connectivity index (χ3n) is 3.01. The number of hydrogen-bond donors (Lipinski definition) is 1. The highest BCUT2D eigenvalue weighted by atomic mass is 79.9. The largest absolute Gasteiger partial charge is 0.465 e. The molecular formula is C15H17BrFNO. The van der Waals surface area contributed by atoms with Gasteiger partial charge in [0.1, 0.15) is 17.3 Å². The van der Waals surface area contributed by atoms with Crippen molar-refractivity contribution in [2.45, 2.75) is 26.3 Å². The van der Waals surface area contributed by atoms with Gasteiger partial charge in [0.2, 0.25) is 0 Å². The van der Waals surface area contributed by atoms with E-state index >= 15 is 0 Å². The van der Waals surface area contributed by atoms with E-state index in [1.807, 2.05) is 32.0 Å². The van der Waals surface area contributed by atoms with Crippen LogP contribution >= 0.6 is 15.9 Å². The average molecular weight is 326 g/mol. The summed E-state index contributed by atoms with van der Waals surface area (Å²) in [5, 5.41) is 3.37. The molecule has 0 spiro atoms. The lowest BCUT2D eigenvalue weighted by molar-refractivity contribution is 0.403. The molecule has 1 aromatic heterocycles. The summed E-state index contributed by atoms with van der Waals surface area (Å²) >= 11 is 3.30. The average Bonchev–Trinajstić information content (AvgIpc) is 2.81. The highest BCUT2D eigenvalue weighted by Crippen LogP contribution is 2.26. The van der Waals surface area contributed by atoms with Crippen LogP contribution in [0, 0.1) is 12.7 Å². The van der Waals surface area contributed by atoms with Gasteiger partial charge < -0.3 is 9.73 Å². The molecule has 0 aliphatic heterocycles. The third kappa shape index (κ3) is 3.45. The van der Waals surface area contributed by atoms with Crippen LogP contribution in [0.5, 0.6) is 0 Å². The Bertz CT molecular complexity index is 553. The van der Waals surface area contributed by atoms with Gasteiger partial charge in [-0.25, -0.2) is 4.39 Å². The van der Waals surface area contributed by atoms with Crippen LogP contribution in [0.3, 0.4) is 0 Å². The van der Waals surface area contributed by atoms with Crippen LogP contribution in [0.25, 0.3) is 0 Å². The molecule has 2 nitrogen and oxygen atoms in total. The summed E-state index contributed by atoms with van der Waals surface area (Å²) < 4.78 is 19.7. The molecule has 1 N–H and O–H groups in total. The number of likely N-dealkylation sites (N-methyl/N-ethyl adjacent to an activating group) is 1. The van der Waals surface area contributed by atoms with Crippen LogP contribution < -0.4 is 5.32 Å². The Morgan fingerprint density at radius 3 is 2.74 bits per heavy atom. The zero-order chi connectivity index (χ0) is 13.8. The van der Waals surface area contributed by atoms with E-state index < -0.39 is 0 Å². The topological polar surface area (TPSA) is 25.2 Å². The fourth-order valence-electron chi connectivity index (χ4n) is 2.09. The fraction of sp³-hybridized carbons (Fsp3) is 0.333. The van der Waals surface area contributed by atoms with Gasteiger partial charge in [-0.2, -0.15) is 0 Å². The monoisotopic (exact) mass is 325 g/mol. The van der Waals surface area contributed by atoms with Crippen molar-refractivity contribution >= 4 is 15.9 Å². The molecule has 1 unspecified atom stereocenters. The molecule has 0 bridgehead atoms. The van der Waals surface area contributed by atoms with E-state index in [-0.39, 0.29) is 11.9 Å². The minimum atomic E-state index is -0.233. The Morgan fingerprint density at radius 1 is 1.32 bits per heavy atom. The Hall–Kier alpha value is -1.13. The maximum absolute atomic E-state index is 13.5. The predicted octanol–water partition coefficient (Wildman–Crippen LogP) is 4.38. The number of benzene rings is 1. The van der Waals surface area contributed by atoms with Gasteiger partial charge in [0.05, 0.1) is 10.5 Å². The van der Waals surface area contributed by atoms with Gasteiger partial charge in [-0.15, -0.1) is 0 Å². The minimum Gasteiger partial charge on any atom is -0.465 e. The molecule has 0 amide bonds. The quantitative estimate of drug-likeness (QED) is 0.882. The Balaban J connectivity index is 2.23. The number of hydrogen-bond acceptors (Lipinski definition) is 2. The van der Waals surface area contributed by atoms with Gasteiger partial charge in [-0.3, -0.25) is 0 Å². The van der Waals surface area contributed by atoms with Crippen molar-refractivity contribution in [2.75, 3.05) is 6.54 Å². The van der Waals surface area contributed by atoms with Crippen molar-refractivity contribution in [2.24, 2.45) is 0 Å². The molecule has 0 radical (unpaired) electrons. The van der Waals surface area contributed by atoms with Crippen molar-refractivity contribution < 1.29 is 8.81 Å². The van der Waals surface area contributed by atoms with Crippen LogP contribution in [0.4, 0.5) is 4.39 Å². The second-order valence-corrected chi connectivity index (χ2v) is 5.27. The minimum absolute atomic E-state index is 0.0526. The number of halogens is 2. The molecule has 102 valence electrons. The Morgan fingerprint density at radius 2 is 2.11 bits per heavy atom. The molecule has 2 aromatic rings. The highest BCUT2D eigenvalue weighted by molar-refractivity contribution is 9.10. The summed E-state index contributed by atoms with van der Waals surface area (Å²) in [5.74, 6) is 1.54. The molecule has 4 heteroatoms. The Kier molecular flexibility index (Phi) is 4.77. The van der Waals surface area contributed by atoms with Crippen molar-refractivity contribution in [3.8, 4) is 0 Å². The first-order chi connectivity index (χ1) is 9.11. The van der Waals surface area contributed by atoms with Crippen molar-refractivity contribution in [1.82, 2.24) is 5.32 Å². The first kappa shape index (κ1) is 14.3. The van der Waals surface area contributed by atoms with Crippen molar-refractivity contribution in [3.05, 3.63) is 57.7 Å². The van der Waals surface area contributed by atoms with E-state index in [1.165, 1.54) is 6.07 Å². The van der Waals surface area contributed by atoms with Crippen LogP contribution in [0.1, 0.15) is 30.0 Å². The summed E-state index contributed by atoms with van der Waals surface area (Å²) in [6, 6.07) is 9.07. The van der Waals surface area contributed by atoms with E-state index in [0.717, 1.165) is 23.6 Å². The highest BCUT2D eigenvalue weighted by Gasteiger charge is 2.17. The van der Waals surface area contributed by atoms with Gasteiger partial charge in [0.15, 0.2) is 0 Å². The predicted molar refractivity (Wildman–Crippen MR) is 77.7 cm³/mol. The molecule has 0 fully saturated rings. The first-order valence-corrected chi connectivity index (χ1v) is 7.13. The molecule has 0 saturated heterocycles. The number of aryl methyl sites for hydroxylation is 1. The van der Waals surface area contributed by atoms with E-state index in [0.29, 0.717) is 10.9 Å². The van der Waals surface area contributed by atoms with E-state index in [1.54, 1.807) is 6.07 Å². The molecule has 1 aromatic carbocycles. The van der Waals surface area contributed by atoms with Crippen LogP contribution in [0.2, 0.25) is 0 Å². The zero-order valence-electron chi connectivity index (χ0n) is 11.0. The van der Waals surface area contributed by atoms with E-state index in [2.05, 4.69) is 21.2 Å². The number of rotatable bonds is 5. The maximum Gasteiger partial charge on any atom is 0.137 e. The van der Waals surface area contributed by atoms with Crippen molar-refractivity contribution in [1.29, 1.82) is 0 Å². The summed E-state index contributed by atoms with van der Waals surface area (Å²) in [6.45, 7) is 4.80. The molecule has 0 saturated carbocycles. The van der Waals surface area contributed by atoms with E-state index in [9.17, 15) is 4.39 Å². The van der Waals surface area contributed by atoms with Crippen LogP contribution in [0.15, 0.2) is 39.2 Å². The van der Waals surface area contributed by atoms with Gasteiger partial charge >= 0.3 is 0 Å². The second-order valence-electron chi connectivity index (χ2n) is 4.48. The van der Waals surface area contributed by atoms with Gasteiger partial charge in [0.25, 0.3) is 0 Å². The first-order valence-electron chi connectivity index (χ1n) is 6.34. The fourth-order valence-corrected chi connectivity index (χ4v) is 2.51. The van der Waals surface area contributed by atoms with Gasteiger partial charge in [-0.05, 0) is 59.6 Å². The molecule has 19 heavy (non-hydrogen) atoms. The van der Waals surface area contributed by atoms with Crippen molar-refractivity contribution in [3.63, 3.8) is 0 Å². The summed E-state index contributed by atoms with van der Waals surface area (Å²) in [4.78, 5) is 0. The van der Waals surface area contributed by atoms with E-state index in [4.69, 9.17) is 4.42 Å². The maximum atomic E-state index is 13.5. The Labute approximate surface area is 121 Å². The molecule has 1 atom stereocenters. The summed E-state index contributed by atoms with van der Waals surface area (Å²) in [6.07, 6.45) is 0.680.